The molecule has 0 radical (unpaired) electrons. The number of halogens is 1. The maximum atomic E-state index is 12.2. The highest BCUT2D eigenvalue weighted by molar-refractivity contribution is 9.10. The van der Waals surface area contributed by atoms with Gasteiger partial charge in [-0.1, -0.05) is 6.07 Å². The van der Waals surface area contributed by atoms with Gasteiger partial charge >= 0.3 is 0 Å². The van der Waals surface area contributed by atoms with E-state index in [4.69, 9.17) is 17.0 Å². The van der Waals surface area contributed by atoms with Gasteiger partial charge in [-0.3, -0.25) is 19.4 Å². The number of thiocarbonyl (C=S) groups is 1. The largest absolute Gasteiger partial charge is 0.493 e. The molecule has 1 fully saturated rings. The molecule has 0 aliphatic carbocycles. The van der Waals surface area contributed by atoms with Crippen LogP contribution >= 0.6 is 28.1 Å². The van der Waals surface area contributed by atoms with Crippen LogP contribution in [0.5, 0.6) is 5.75 Å². The molecule has 1 saturated heterocycles. The fraction of sp³-hybridized carbons (Fsp3) is 0.267. The van der Waals surface area contributed by atoms with Crippen LogP contribution in [0.25, 0.3) is 6.08 Å². The lowest BCUT2D eigenvalue weighted by atomic mass is 10.1. The smallest absolute Gasteiger partial charge is 0.265 e. The van der Waals surface area contributed by atoms with Gasteiger partial charge in [0.1, 0.15) is 11.3 Å². The highest BCUT2D eigenvalue weighted by Crippen LogP contribution is 2.27. The van der Waals surface area contributed by atoms with Gasteiger partial charge < -0.3 is 4.74 Å². The number of ether oxygens (including phenoxy) is 1. The zero-order valence-electron chi connectivity index (χ0n) is 12.4. The molecule has 22 heavy (non-hydrogen) atoms. The van der Waals surface area contributed by atoms with E-state index < -0.39 is 11.8 Å². The number of hydrogen-bond acceptors (Lipinski definition) is 4. The van der Waals surface area contributed by atoms with E-state index in [2.05, 4.69) is 15.9 Å². The van der Waals surface area contributed by atoms with E-state index in [0.29, 0.717) is 12.4 Å². The third kappa shape index (κ3) is 3.05. The number of likely N-dealkylation sites (N-methyl/N-ethyl adjacent to an activating group) is 2. The Morgan fingerprint density at radius 3 is 2.32 bits per heavy atom. The van der Waals surface area contributed by atoms with Crippen LogP contribution in [0, 0.1) is 0 Å². The minimum atomic E-state index is -0.405. The molecule has 2 rings (SSSR count). The summed E-state index contributed by atoms with van der Waals surface area (Å²) in [4.78, 5) is 27.0. The van der Waals surface area contributed by atoms with Crippen molar-refractivity contribution in [1.82, 2.24) is 9.80 Å². The monoisotopic (exact) mass is 382 g/mol. The number of benzene rings is 1. The van der Waals surface area contributed by atoms with Crippen molar-refractivity contribution in [3.63, 3.8) is 0 Å². The van der Waals surface area contributed by atoms with Crippen LogP contribution in [0.3, 0.4) is 0 Å². The van der Waals surface area contributed by atoms with Crippen molar-refractivity contribution in [3.05, 3.63) is 33.8 Å². The van der Waals surface area contributed by atoms with Crippen molar-refractivity contribution in [2.45, 2.75) is 6.92 Å². The molecule has 0 bridgehead atoms. The van der Waals surface area contributed by atoms with Gasteiger partial charge in [0, 0.05) is 14.1 Å². The average Bonchev–Trinajstić information content (AvgIpc) is 2.50. The Labute approximate surface area is 142 Å². The van der Waals surface area contributed by atoms with Gasteiger partial charge in [0.2, 0.25) is 0 Å². The van der Waals surface area contributed by atoms with Crippen molar-refractivity contribution in [2.75, 3.05) is 20.7 Å². The molecule has 2 amide bonds. The Morgan fingerprint density at radius 2 is 1.82 bits per heavy atom. The molecule has 7 heteroatoms. The van der Waals surface area contributed by atoms with Crippen LogP contribution in [0.2, 0.25) is 0 Å². The number of hydrogen-bond donors (Lipinski definition) is 0. The number of carbonyl (C=O) groups excluding carboxylic acids is 2. The van der Waals surface area contributed by atoms with E-state index in [-0.39, 0.29) is 10.7 Å². The number of rotatable bonds is 3. The maximum absolute atomic E-state index is 12.2. The van der Waals surface area contributed by atoms with Crippen LogP contribution in [-0.2, 0) is 9.59 Å². The fourth-order valence-corrected chi connectivity index (χ4v) is 2.70. The van der Waals surface area contributed by atoms with Gasteiger partial charge in [-0.2, -0.15) is 0 Å². The molecule has 1 aromatic rings. The minimum Gasteiger partial charge on any atom is -0.493 e. The molecule has 5 nitrogen and oxygen atoms in total. The summed E-state index contributed by atoms with van der Waals surface area (Å²) < 4.78 is 6.20. The Morgan fingerprint density at radius 1 is 1.23 bits per heavy atom. The van der Waals surface area contributed by atoms with Crippen LogP contribution in [0.15, 0.2) is 28.2 Å². The van der Waals surface area contributed by atoms with Crippen LogP contribution in [-0.4, -0.2) is 47.4 Å². The fourth-order valence-electron chi connectivity index (χ4n) is 2.02. The predicted octanol–water partition coefficient (Wildman–Crippen LogP) is 2.45. The van der Waals surface area contributed by atoms with E-state index >= 15 is 0 Å². The summed E-state index contributed by atoms with van der Waals surface area (Å²) in [6.07, 6.45) is 1.56. The summed E-state index contributed by atoms with van der Waals surface area (Å²) in [6.45, 7) is 2.46. The van der Waals surface area contributed by atoms with Gasteiger partial charge in [0.15, 0.2) is 5.11 Å². The van der Waals surface area contributed by atoms with E-state index in [1.807, 2.05) is 6.92 Å². The molecule has 0 unspecified atom stereocenters. The third-order valence-electron chi connectivity index (χ3n) is 3.21. The van der Waals surface area contributed by atoms with Gasteiger partial charge in [0.25, 0.3) is 11.8 Å². The Kier molecular flexibility index (Phi) is 4.97. The molecule has 0 spiro atoms. The predicted molar refractivity (Wildman–Crippen MR) is 91.4 cm³/mol. The van der Waals surface area contributed by atoms with Crippen LogP contribution in [0.4, 0.5) is 0 Å². The molecule has 0 aromatic heterocycles. The summed E-state index contributed by atoms with van der Waals surface area (Å²) in [5.41, 5.74) is 0.802. The molecule has 1 aliphatic heterocycles. The third-order valence-corrected chi connectivity index (χ3v) is 4.38. The summed E-state index contributed by atoms with van der Waals surface area (Å²) in [7, 11) is 3.10. The first kappa shape index (κ1) is 16.6. The standard InChI is InChI=1S/C15H15BrN2O3S/c1-4-21-12-6-5-9(8-11(12)16)7-10-13(19)17(2)15(22)18(3)14(10)20/h5-8H,4H2,1-3H3. The van der Waals surface area contributed by atoms with E-state index in [1.165, 1.54) is 9.80 Å². The number of carbonyl (C=O) groups is 2. The molecule has 1 heterocycles. The van der Waals surface area contributed by atoms with Gasteiger partial charge in [-0.25, -0.2) is 0 Å². The SMILES string of the molecule is CCOc1ccc(C=C2C(=O)N(C)C(=S)N(C)C2=O)cc1Br. The van der Waals surface area contributed by atoms with Gasteiger partial charge in [-0.05, 0) is 58.8 Å². The first-order chi connectivity index (χ1) is 10.4. The molecule has 0 saturated carbocycles. The number of amides is 2. The highest BCUT2D eigenvalue weighted by Gasteiger charge is 2.35. The van der Waals surface area contributed by atoms with Crippen molar-refractivity contribution < 1.29 is 14.3 Å². The lowest BCUT2D eigenvalue weighted by molar-refractivity contribution is -0.132. The quantitative estimate of drug-likeness (QED) is 0.457. The van der Waals surface area contributed by atoms with E-state index in [9.17, 15) is 9.59 Å². The molecule has 0 atom stereocenters. The molecule has 1 aromatic carbocycles. The van der Waals surface area contributed by atoms with E-state index in [0.717, 1.165) is 10.0 Å². The average molecular weight is 383 g/mol. The van der Waals surface area contributed by atoms with Crippen molar-refractivity contribution >= 4 is 51.2 Å². The second-order valence-electron chi connectivity index (χ2n) is 4.69. The zero-order valence-corrected chi connectivity index (χ0v) is 14.8. The Hall–Kier alpha value is -1.73. The molecule has 116 valence electrons. The van der Waals surface area contributed by atoms with E-state index in [1.54, 1.807) is 38.4 Å². The summed E-state index contributed by atoms with van der Waals surface area (Å²) in [5.74, 6) is -0.0995. The first-order valence-electron chi connectivity index (χ1n) is 6.61. The second-order valence-corrected chi connectivity index (χ2v) is 5.91. The summed E-state index contributed by atoms with van der Waals surface area (Å²) >= 11 is 8.46. The first-order valence-corrected chi connectivity index (χ1v) is 7.81. The van der Waals surface area contributed by atoms with Crippen LogP contribution < -0.4 is 4.74 Å². The molecular formula is C15H15BrN2O3S. The molecule has 0 N–H and O–H groups in total. The maximum Gasteiger partial charge on any atom is 0.265 e. The van der Waals surface area contributed by atoms with Crippen molar-refractivity contribution in [1.29, 1.82) is 0 Å². The molecular weight excluding hydrogens is 368 g/mol. The lowest BCUT2D eigenvalue weighted by Gasteiger charge is -2.31. The van der Waals surface area contributed by atoms with Crippen LogP contribution in [0.1, 0.15) is 12.5 Å². The summed E-state index contributed by atoms with van der Waals surface area (Å²) in [5, 5.41) is 0.194. The van der Waals surface area contributed by atoms with Gasteiger partial charge in [-0.15, -0.1) is 0 Å². The highest BCUT2D eigenvalue weighted by atomic mass is 79.9. The lowest BCUT2D eigenvalue weighted by Crippen LogP contribution is -2.52. The minimum absolute atomic E-state index is 0.0784. The second kappa shape index (κ2) is 6.58. The topological polar surface area (TPSA) is 49.9 Å². The normalized spacial score (nSPS) is 15.5. The van der Waals surface area contributed by atoms with Crippen molar-refractivity contribution in [2.24, 2.45) is 0 Å². The Bertz CT molecular complexity index is 661. The Balaban J connectivity index is 2.39. The van der Waals surface area contributed by atoms with Crippen molar-refractivity contribution in [3.8, 4) is 5.75 Å². The number of nitrogens with zero attached hydrogens (tertiary/aromatic N) is 2. The molecule has 1 aliphatic rings. The van der Waals surface area contributed by atoms with Gasteiger partial charge in [0.05, 0.1) is 11.1 Å². The summed E-state index contributed by atoms with van der Waals surface area (Å²) in [6, 6.07) is 5.37. The zero-order chi connectivity index (χ0) is 16.4.